The Morgan fingerprint density at radius 1 is 0.958 bits per heavy atom. The zero-order valence-corrected chi connectivity index (χ0v) is 14.6. The predicted molar refractivity (Wildman–Crippen MR) is 98.9 cm³/mol. The van der Waals surface area contributed by atoms with Gasteiger partial charge in [-0.25, -0.2) is 0 Å². The Balaban J connectivity index is 0.00000208. The Morgan fingerprint density at radius 3 is 2.42 bits per heavy atom. The number of rotatable bonds is 4. The van der Waals surface area contributed by atoms with E-state index in [0.717, 1.165) is 37.6 Å². The SMILES string of the molecule is COc1ccc(OCC#CCN2CCc3ccccc3C2)cc1.Cl. The molecule has 1 aliphatic heterocycles. The van der Waals surface area contributed by atoms with E-state index in [2.05, 4.69) is 41.0 Å². The Hall–Kier alpha value is -2.15. The van der Waals surface area contributed by atoms with Crippen molar-refractivity contribution >= 4 is 12.4 Å². The Morgan fingerprint density at radius 2 is 1.67 bits per heavy atom. The molecule has 0 aromatic heterocycles. The Labute approximate surface area is 150 Å². The van der Waals surface area contributed by atoms with Crippen molar-refractivity contribution in [1.82, 2.24) is 4.90 Å². The maximum absolute atomic E-state index is 5.60. The first kappa shape index (κ1) is 18.2. The van der Waals surface area contributed by atoms with Gasteiger partial charge in [-0.2, -0.15) is 0 Å². The molecule has 24 heavy (non-hydrogen) atoms. The number of ether oxygens (including phenoxy) is 2. The first-order valence-electron chi connectivity index (χ1n) is 7.87. The molecule has 0 bridgehead atoms. The van der Waals surface area contributed by atoms with Crippen molar-refractivity contribution < 1.29 is 9.47 Å². The van der Waals surface area contributed by atoms with Gasteiger partial charge in [-0.05, 0) is 41.8 Å². The molecular weight excluding hydrogens is 322 g/mol. The third-order valence-corrected chi connectivity index (χ3v) is 4.01. The van der Waals surface area contributed by atoms with Crippen LogP contribution in [-0.4, -0.2) is 31.7 Å². The van der Waals surface area contributed by atoms with Crippen LogP contribution in [0, 0.1) is 11.8 Å². The number of hydrogen-bond acceptors (Lipinski definition) is 3. The van der Waals surface area contributed by atoms with Gasteiger partial charge in [0.1, 0.15) is 18.1 Å². The molecule has 4 heteroatoms. The van der Waals surface area contributed by atoms with Crippen LogP contribution in [0.15, 0.2) is 48.5 Å². The van der Waals surface area contributed by atoms with E-state index < -0.39 is 0 Å². The van der Waals surface area contributed by atoms with Crippen LogP contribution < -0.4 is 9.47 Å². The van der Waals surface area contributed by atoms with E-state index in [0.29, 0.717) is 6.61 Å². The van der Waals surface area contributed by atoms with Gasteiger partial charge in [0, 0.05) is 13.1 Å². The van der Waals surface area contributed by atoms with Crippen molar-refractivity contribution in [1.29, 1.82) is 0 Å². The summed E-state index contributed by atoms with van der Waals surface area (Å²) in [5, 5.41) is 0. The minimum Gasteiger partial charge on any atom is -0.497 e. The molecule has 2 aromatic carbocycles. The van der Waals surface area contributed by atoms with Gasteiger partial charge >= 0.3 is 0 Å². The van der Waals surface area contributed by atoms with Crippen molar-refractivity contribution in [3.63, 3.8) is 0 Å². The predicted octanol–water partition coefficient (Wildman–Crippen LogP) is 3.56. The molecule has 0 fully saturated rings. The molecule has 0 spiro atoms. The van der Waals surface area contributed by atoms with Crippen molar-refractivity contribution in [2.24, 2.45) is 0 Å². The fraction of sp³-hybridized carbons (Fsp3) is 0.300. The number of hydrogen-bond donors (Lipinski definition) is 0. The standard InChI is InChI=1S/C20H21NO2.ClH/c1-22-19-8-10-20(11-9-19)23-15-5-4-13-21-14-12-17-6-2-3-7-18(17)16-21;/h2-3,6-11H,12-16H2,1H3;1H. The van der Waals surface area contributed by atoms with Gasteiger partial charge in [0.2, 0.25) is 0 Å². The number of methoxy groups -OCH3 is 1. The molecule has 0 saturated carbocycles. The highest BCUT2D eigenvalue weighted by molar-refractivity contribution is 5.85. The summed E-state index contributed by atoms with van der Waals surface area (Å²) < 4.78 is 10.7. The minimum atomic E-state index is 0. The molecule has 3 nitrogen and oxygen atoms in total. The van der Waals surface area contributed by atoms with Gasteiger partial charge in [0.15, 0.2) is 0 Å². The van der Waals surface area contributed by atoms with E-state index in [4.69, 9.17) is 9.47 Å². The van der Waals surface area contributed by atoms with Crippen molar-refractivity contribution in [3.05, 3.63) is 59.7 Å². The van der Waals surface area contributed by atoms with Crippen LogP contribution in [0.3, 0.4) is 0 Å². The van der Waals surface area contributed by atoms with Gasteiger partial charge in [0.25, 0.3) is 0 Å². The van der Waals surface area contributed by atoms with Crippen LogP contribution in [0.2, 0.25) is 0 Å². The van der Waals surface area contributed by atoms with Gasteiger partial charge in [-0.1, -0.05) is 36.1 Å². The van der Waals surface area contributed by atoms with Crippen molar-refractivity contribution in [2.75, 3.05) is 26.8 Å². The fourth-order valence-electron chi connectivity index (χ4n) is 2.70. The van der Waals surface area contributed by atoms with Crippen LogP contribution in [0.4, 0.5) is 0 Å². The molecule has 0 saturated heterocycles. The highest BCUT2D eigenvalue weighted by atomic mass is 35.5. The first-order valence-corrected chi connectivity index (χ1v) is 7.87. The number of fused-ring (bicyclic) bond motifs is 1. The molecule has 0 amide bonds. The minimum absolute atomic E-state index is 0. The van der Waals surface area contributed by atoms with Crippen LogP contribution in [0.25, 0.3) is 0 Å². The van der Waals surface area contributed by atoms with Crippen LogP contribution in [0.1, 0.15) is 11.1 Å². The second-order valence-electron chi connectivity index (χ2n) is 5.55. The number of benzene rings is 2. The third kappa shape index (κ3) is 4.92. The average Bonchev–Trinajstić information content (AvgIpc) is 2.62. The summed E-state index contributed by atoms with van der Waals surface area (Å²) >= 11 is 0. The Kier molecular flexibility index (Phi) is 6.99. The topological polar surface area (TPSA) is 21.7 Å². The number of halogens is 1. The van der Waals surface area contributed by atoms with Gasteiger partial charge < -0.3 is 9.47 Å². The van der Waals surface area contributed by atoms with Crippen molar-refractivity contribution in [3.8, 4) is 23.3 Å². The largest absolute Gasteiger partial charge is 0.497 e. The molecule has 0 unspecified atom stereocenters. The van der Waals surface area contributed by atoms with Crippen LogP contribution >= 0.6 is 12.4 Å². The highest BCUT2D eigenvalue weighted by Gasteiger charge is 2.13. The maximum Gasteiger partial charge on any atom is 0.149 e. The van der Waals surface area contributed by atoms with Crippen molar-refractivity contribution in [2.45, 2.75) is 13.0 Å². The van der Waals surface area contributed by atoms with Crippen LogP contribution in [0.5, 0.6) is 11.5 Å². The lowest BCUT2D eigenvalue weighted by Gasteiger charge is -2.26. The molecule has 1 aliphatic rings. The van der Waals surface area contributed by atoms with E-state index in [9.17, 15) is 0 Å². The summed E-state index contributed by atoms with van der Waals surface area (Å²) in [4.78, 5) is 2.38. The lowest BCUT2D eigenvalue weighted by molar-refractivity contribution is 0.286. The Bertz CT molecular complexity index is 704. The number of nitrogens with zero attached hydrogens (tertiary/aromatic N) is 1. The van der Waals surface area contributed by atoms with E-state index in [1.807, 2.05) is 24.3 Å². The smallest absolute Gasteiger partial charge is 0.149 e. The van der Waals surface area contributed by atoms with Crippen LogP contribution in [-0.2, 0) is 13.0 Å². The molecule has 3 rings (SSSR count). The summed E-state index contributed by atoms with van der Waals surface area (Å²) in [6.07, 6.45) is 1.11. The second kappa shape index (κ2) is 9.22. The summed E-state index contributed by atoms with van der Waals surface area (Å²) in [5.74, 6) is 7.93. The maximum atomic E-state index is 5.60. The molecule has 1 heterocycles. The van der Waals surface area contributed by atoms with Gasteiger partial charge in [-0.15, -0.1) is 12.4 Å². The lowest BCUT2D eigenvalue weighted by atomic mass is 10.0. The molecule has 2 aromatic rings. The molecule has 0 radical (unpaired) electrons. The van der Waals surface area contributed by atoms with Gasteiger partial charge in [0.05, 0.1) is 13.7 Å². The first-order chi connectivity index (χ1) is 11.3. The van der Waals surface area contributed by atoms with E-state index in [-0.39, 0.29) is 12.4 Å². The normalized spacial score (nSPS) is 13.0. The zero-order valence-electron chi connectivity index (χ0n) is 13.8. The molecule has 0 N–H and O–H groups in total. The van der Waals surface area contributed by atoms with Gasteiger partial charge in [-0.3, -0.25) is 4.90 Å². The second-order valence-corrected chi connectivity index (χ2v) is 5.55. The molecule has 0 atom stereocenters. The molecule has 0 aliphatic carbocycles. The van der Waals surface area contributed by atoms with E-state index in [1.54, 1.807) is 7.11 Å². The van der Waals surface area contributed by atoms with E-state index >= 15 is 0 Å². The third-order valence-electron chi connectivity index (χ3n) is 4.01. The summed E-state index contributed by atoms with van der Waals surface area (Å²) in [7, 11) is 1.65. The monoisotopic (exact) mass is 343 g/mol. The summed E-state index contributed by atoms with van der Waals surface area (Å²) in [6, 6.07) is 16.2. The zero-order chi connectivity index (χ0) is 15.9. The lowest BCUT2D eigenvalue weighted by Crippen LogP contribution is -2.30. The molecular formula is C20H22ClNO2. The summed E-state index contributed by atoms with van der Waals surface area (Å²) in [6.45, 7) is 3.27. The van der Waals surface area contributed by atoms with E-state index in [1.165, 1.54) is 11.1 Å². The fourth-order valence-corrected chi connectivity index (χ4v) is 2.70. The highest BCUT2D eigenvalue weighted by Crippen LogP contribution is 2.18. The summed E-state index contributed by atoms with van der Waals surface area (Å²) in [5.41, 5.74) is 2.90. The molecule has 126 valence electrons. The quantitative estimate of drug-likeness (QED) is 0.792. The average molecular weight is 344 g/mol.